The van der Waals surface area contributed by atoms with Gasteiger partial charge in [0.1, 0.15) is 6.10 Å². The van der Waals surface area contributed by atoms with Gasteiger partial charge in [-0.05, 0) is 38.8 Å². The van der Waals surface area contributed by atoms with Crippen LogP contribution in [0.15, 0.2) is 0 Å². The first kappa shape index (κ1) is 19.9. The van der Waals surface area contributed by atoms with Crippen molar-refractivity contribution >= 4 is 30.7 Å². The standard InChI is InChI=1S/C13H25N3O2.2ClH/c1-2-16-7-3-4-10(16)9-15-13(17)12-6-5-11(8-14)18-12;;/h10-12H,2-9,14H2,1H3,(H,15,17);2*1H/t10?,11-,12+;;/m1../s1. The van der Waals surface area contributed by atoms with Gasteiger partial charge in [-0.25, -0.2) is 0 Å². The van der Waals surface area contributed by atoms with Crippen molar-refractivity contribution in [2.45, 2.75) is 50.9 Å². The molecular formula is C13H27Cl2N3O2. The number of ether oxygens (including phenoxy) is 1. The van der Waals surface area contributed by atoms with Gasteiger partial charge in [0.2, 0.25) is 5.91 Å². The predicted molar refractivity (Wildman–Crippen MR) is 84.7 cm³/mol. The lowest BCUT2D eigenvalue weighted by molar-refractivity contribution is -0.132. The zero-order valence-electron chi connectivity index (χ0n) is 12.0. The van der Waals surface area contributed by atoms with Crippen molar-refractivity contribution in [3.63, 3.8) is 0 Å². The molecule has 7 heteroatoms. The molecule has 2 heterocycles. The number of nitrogens with one attached hydrogen (secondary N) is 1. The second-order valence-electron chi connectivity index (χ2n) is 5.23. The van der Waals surface area contributed by atoms with Gasteiger partial charge in [-0.2, -0.15) is 0 Å². The molecule has 2 rings (SSSR count). The molecule has 0 spiro atoms. The Morgan fingerprint density at radius 3 is 2.70 bits per heavy atom. The van der Waals surface area contributed by atoms with E-state index in [1.54, 1.807) is 0 Å². The Bertz CT molecular complexity index is 295. The maximum atomic E-state index is 12.0. The average molecular weight is 328 g/mol. The van der Waals surface area contributed by atoms with Gasteiger partial charge in [-0.1, -0.05) is 6.92 Å². The van der Waals surface area contributed by atoms with Crippen LogP contribution in [0.4, 0.5) is 0 Å². The number of nitrogens with two attached hydrogens (primary N) is 1. The van der Waals surface area contributed by atoms with Gasteiger partial charge >= 0.3 is 0 Å². The minimum Gasteiger partial charge on any atom is -0.364 e. The molecule has 0 aromatic heterocycles. The third-order valence-electron chi connectivity index (χ3n) is 4.08. The van der Waals surface area contributed by atoms with E-state index in [1.807, 2.05) is 0 Å². The third kappa shape index (κ3) is 5.04. The number of nitrogens with zero attached hydrogens (tertiary/aromatic N) is 1. The lowest BCUT2D eigenvalue weighted by Gasteiger charge is -2.23. The van der Waals surface area contributed by atoms with Gasteiger partial charge in [0, 0.05) is 19.1 Å². The minimum atomic E-state index is -0.282. The van der Waals surface area contributed by atoms with Crippen LogP contribution >= 0.6 is 24.8 Å². The highest BCUT2D eigenvalue weighted by Crippen LogP contribution is 2.19. The number of likely N-dealkylation sites (tertiary alicyclic amines) is 1. The van der Waals surface area contributed by atoms with E-state index in [9.17, 15) is 4.79 Å². The van der Waals surface area contributed by atoms with E-state index >= 15 is 0 Å². The Labute approximate surface area is 133 Å². The summed E-state index contributed by atoms with van der Waals surface area (Å²) < 4.78 is 5.59. The molecule has 0 radical (unpaired) electrons. The van der Waals surface area contributed by atoms with Gasteiger partial charge in [0.05, 0.1) is 6.10 Å². The van der Waals surface area contributed by atoms with Gasteiger partial charge in [-0.15, -0.1) is 24.8 Å². The van der Waals surface area contributed by atoms with Crippen molar-refractivity contribution < 1.29 is 9.53 Å². The quantitative estimate of drug-likeness (QED) is 0.788. The molecule has 1 amide bonds. The number of rotatable bonds is 5. The van der Waals surface area contributed by atoms with E-state index in [2.05, 4.69) is 17.1 Å². The van der Waals surface area contributed by atoms with E-state index in [0.29, 0.717) is 12.6 Å². The Kier molecular flexibility index (Phi) is 9.76. The second-order valence-corrected chi connectivity index (χ2v) is 5.23. The van der Waals surface area contributed by atoms with Crippen LogP contribution in [-0.4, -0.2) is 55.2 Å². The first-order valence-corrected chi connectivity index (χ1v) is 7.12. The minimum absolute atomic E-state index is 0. The fourth-order valence-corrected chi connectivity index (χ4v) is 2.95. The van der Waals surface area contributed by atoms with Crippen LogP contribution in [0.2, 0.25) is 0 Å². The summed E-state index contributed by atoms with van der Waals surface area (Å²) >= 11 is 0. The highest BCUT2D eigenvalue weighted by Gasteiger charge is 2.31. The monoisotopic (exact) mass is 327 g/mol. The molecule has 0 bridgehead atoms. The summed E-state index contributed by atoms with van der Waals surface area (Å²) in [4.78, 5) is 14.4. The van der Waals surface area contributed by atoms with Crippen molar-refractivity contribution in [1.29, 1.82) is 0 Å². The van der Waals surface area contributed by atoms with Crippen molar-refractivity contribution in [1.82, 2.24) is 10.2 Å². The Morgan fingerprint density at radius 1 is 1.35 bits per heavy atom. The summed E-state index contributed by atoms with van der Waals surface area (Å²) in [6.45, 7) is 5.66. The van der Waals surface area contributed by atoms with Gasteiger partial charge in [0.15, 0.2) is 0 Å². The highest BCUT2D eigenvalue weighted by molar-refractivity contribution is 5.85. The smallest absolute Gasteiger partial charge is 0.249 e. The van der Waals surface area contributed by atoms with Crippen LogP contribution in [0, 0.1) is 0 Å². The summed E-state index contributed by atoms with van der Waals surface area (Å²) in [5.41, 5.74) is 5.54. The average Bonchev–Trinajstić information content (AvgIpc) is 3.04. The van der Waals surface area contributed by atoms with Crippen molar-refractivity contribution in [3.05, 3.63) is 0 Å². The zero-order valence-corrected chi connectivity index (χ0v) is 13.7. The number of amides is 1. The van der Waals surface area contributed by atoms with Crippen molar-refractivity contribution in [3.8, 4) is 0 Å². The second kappa shape index (κ2) is 9.79. The first-order chi connectivity index (χ1) is 8.74. The number of carbonyl (C=O) groups excluding carboxylic acids is 1. The van der Waals surface area contributed by atoms with Crippen LogP contribution in [0.25, 0.3) is 0 Å². The molecule has 0 aliphatic carbocycles. The molecule has 0 aromatic rings. The molecule has 3 atom stereocenters. The van der Waals surface area contributed by atoms with Crippen molar-refractivity contribution in [2.75, 3.05) is 26.2 Å². The molecule has 2 fully saturated rings. The maximum Gasteiger partial charge on any atom is 0.249 e. The topological polar surface area (TPSA) is 67.6 Å². The van der Waals surface area contributed by atoms with Crippen LogP contribution in [0.3, 0.4) is 0 Å². The first-order valence-electron chi connectivity index (χ1n) is 7.12. The molecule has 5 nitrogen and oxygen atoms in total. The Balaban J connectivity index is 0.00000180. The number of carbonyl (C=O) groups is 1. The third-order valence-corrected chi connectivity index (χ3v) is 4.08. The number of hydrogen-bond acceptors (Lipinski definition) is 4. The molecule has 0 aromatic carbocycles. The zero-order chi connectivity index (χ0) is 13.0. The Hall–Kier alpha value is -0.0700. The van der Waals surface area contributed by atoms with E-state index in [1.165, 1.54) is 12.8 Å². The SMILES string of the molecule is CCN1CCCC1CNC(=O)[C@@H]1CC[C@H](CN)O1.Cl.Cl. The summed E-state index contributed by atoms with van der Waals surface area (Å²) in [7, 11) is 0. The molecule has 2 aliphatic heterocycles. The number of halogens is 2. The summed E-state index contributed by atoms with van der Waals surface area (Å²) in [5.74, 6) is 0.0360. The van der Waals surface area contributed by atoms with Crippen LogP contribution < -0.4 is 11.1 Å². The molecule has 3 N–H and O–H groups in total. The van der Waals surface area contributed by atoms with Gasteiger partial charge in [-0.3, -0.25) is 9.69 Å². The molecule has 20 heavy (non-hydrogen) atoms. The largest absolute Gasteiger partial charge is 0.364 e. The van der Waals surface area contributed by atoms with Crippen LogP contribution in [0.1, 0.15) is 32.6 Å². The molecule has 2 aliphatic rings. The molecule has 0 saturated carbocycles. The number of hydrogen-bond donors (Lipinski definition) is 2. The predicted octanol–water partition coefficient (Wildman–Crippen LogP) is 0.937. The summed E-state index contributed by atoms with van der Waals surface area (Å²) in [6, 6.07) is 0.505. The normalized spacial score (nSPS) is 29.6. The van der Waals surface area contributed by atoms with E-state index in [0.717, 1.165) is 32.5 Å². The molecule has 120 valence electrons. The van der Waals surface area contributed by atoms with E-state index in [4.69, 9.17) is 10.5 Å². The lowest BCUT2D eigenvalue weighted by Crippen LogP contribution is -2.43. The van der Waals surface area contributed by atoms with Crippen molar-refractivity contribution in [2.24, 2.45) is 5.73 Å². The van der Waals surface area contributed by atoms with Gasteiger partial charge < -0.3 is 15.8 Å². The summed E-state index contributed by atoms with van der Waals surface area (Å²) in [5, 5.41) is 3.03. The maximum absolute atomic E-state index is 12.0. The van der Waals surface area contributed by atoms with Crippen LogP contribution in [-0.2, 0) is 9.53 Å². The van der Waals surface area contributed by atoms with E-state index in [-0.39, 0.29) is 42.9 Å². The highest BCUT2D eigenvalue weighted by atomic mass is 35.5. The fraction of sp³-hybridized carbons (Fsp3) is 0.923. The molecular weight excluding hydrogens is 301 g/mol. The summed E-state index contributed by atoms with van der Waals surface area (Å²) in [6.07, 6.45) is 3.92. The number of likely N-dealkylation sites (N-methyl/N-ethyl adjacent to an activating group) is 1. The van der Waals surface area contributed by atoms with E-state index < -0.39 is 0 Å². The molecule has 2 saturated heterocycles. The van der Waals surface area contributed by atoms with Gasteiger partial charge in [0.25, 0.3) is 0 Å². The van der Waals surface area contributed by atoms with Crippen LogP contribution in [0.5, 0.6) is 0 Å². The fourth-order valence-electron chi connectivity index (χ4n) is 2.95. The molecule has 1 unspecified atom stereocenters. The Morgan fingerprint density at radius 2 is 2.10 bits per heavy atom. The lowest BCUT2D eigenvalue weighted by atomic mass is 10.1.